The summed E-state index contributed by atoms with van der Waals surface area (Å²) in [4.78, 5) is 10.9. The summed E-state index contributed by atoms with van der Waals surface area (Å²) in [6, 6.07) is 7.64. The van der Waals surface area contributed by atoms with Gasteiger partial charge >= 0.3 is 0 Å². The zero-order valence-corrected chi connectivity index (χ0v) is 11.6. The third-order valence-electron chi connectivity index (χ3n) is 2.57. The molecule has 3 aromatic heterocycles. The highest BCUT2D eigenvalue weighted by Gasteiger charge is 2.21. The van der Waals surface area contributed by atoms with Gasteiger partial charge in [0, 0.05) is 11.1 Å². The Labute approximate surface area is 112 Å². The predicted molar refractivity (Wildman–Crippen MR) is 75.0 cm³/mol. The standard InChI is InChI=1S/C12H11N3OS2/c1-8-7-10-12(17-8)15(18(2)16)11(14-10)9-5-3-4-6-13-9/h3-7H,1-2H3. The maximum absolute atomic E-state index is 11.9. The summed E-state index contributed by atoms with van der Waals surface area (Å²) < 4.78 is 13.7. The first-order chi connectivity index (χ1) is 8.66. The molecule has 1 atom stereocenters. The molecule has 0 amide bonds. The van der Waals surface area contributed by atoms with Gasteiger partial charge in [0.1, 0.15) is 17.5 Å². The van der Waals surface area contributed by atoms with Gasteiger partial charge in [0.05, 0.1) is 11.4 Å². The Kier molecular flexibility index (Phi) is 2.85. The summed E-state index contributed by atoms with van der Waals surface area (Å²) in [5.74, 6) is 0.665. The summed E-state index contributed by atoms with van der Waals surface area (Å²) in [7, 11) is 0. The van der Waals surface area contributed by atoms with Gasteiger partial charge in [-0.25, -0.2) is 4.98 Å². The van der Waals surface area contributed by atoms with Crippen LogP contribution in [0.2, 0.25) is 0 Å². The van der Waals surface area contributed by atoms with Crippen LogP contribution < -0.4 is 0 Å². The number of thiophene rings is 1. The van der Waals surface area contributed by atoms with Crippen molar-refractivity contribution >= 4 is 33.0 Å². The first-order valence-corrected chi connectivity index (χ1v) is 7.74. The number of pyridine rings is 1. The second-order valence-electron chi connectivity index (χ2n) is 3.92. The molecule has 0 spiro atoms. The van der Waals surface area contributed by atoms with Crippen LogP contribution in [0.5, 0.6) is 0 Å². The molecule has 0 saturated carbocycles. The van der Waals surface area contributed by atoms with E-state index in [1.54, 1.807) is 27.8 Å². The van der Waals surface area contributed by atoms with E-state index in [1.165, 1.54) is 4.88 Å². The first kappa shape index (κ1) is 11.7. The maximum Gasteiger partial charge on any atom is 0.207 e. The molecule has 0 fully saturated rings. The number of aryl methyl sites for hydroxylation is 1. The van der Waals surface area contributed by atoms with Crippen LogP contribution in [-0.2, 0) is 11.4 Å². The van der Waals surface area contributed by atoms with Crippen molar-refractivity contribution in [2.45, 2.75) is 6.92 Å². The van der Waals surface area contributed by atoms with Crippen molar-refractivity contribution in [1.29, 1.82) is 0 Å². The highest BCUT2D eigenvalue weighted by molar-refractivity contribution is 7.89. The van der Waals surface area contributed by atoms with Gasteiger partial charge in [-0.3, -0.25) is 4.98 Å². The van der Waals surface area contributed by atoms with E-state index in [9.17, 15) is 4.55 Å². The summed E-state index contributed by atoms with van der Waals surface area (Å²) >= 11 is 0.456. The van der Waals surface area contributed by atoms with Crippen LogP contribution >= 0.6 is 11.3 Å². The highest BCUT2D eigenvalue weighted by atomic mass is 32.2. The average Bonchev–Trinajstić information content (AvgIpc) is 2.85. The molecule has 0 aliphatic carbocycles. The minimum atomic E-state index is -1.15. The molecule has 3 aromatic rings. The van der Waals surface area contributed by atoms with Gasteiger partial charge in [0.25, 0.3) is 0 Å². The number of hydrogen-bond acceptors (Lipinski definition) is 4. The number of hydrogen-bond donors (Lipinski definition) is 0. The lowest BCUT2D eigenvalue weighted by Crippen LogP contribution is -2.11. The lowest BCUT2D eigenvalue weighted by atomic mass is 10.3. The van der Waals surface area contributed by atoms with Crippen molar-refractivity contribution in [1.82, 2.24) is 13.9 Å². The lowest BCUT2D eigenvalue weighted by Gasteiger charge is -2.08. The fourth-order valence-corrected chi connectivity index (χ4v) is 3.85. The molecule has 0 N–H and O–H groups in total. The molecule has 4 nitrogen and oxygen atoms in total. The van der Waals surface area contributed by atoms with Gasteiger partial charge in [0.2, 0.25) is 5.82 Å². The number of rotatable bonds is 2. The summed E-state index contributed by atoms with van der Waals surface area (Å²) in [6.07, 6.45) is 3.37. The summed E-state index contributed by atoms with van der Waals surface area (Å²) in [5.41, 5.74) is 1.63. The number of nitrogens with zero attached hydrogens (tertiary/aromatic N) is 3. The van der Waals surface area contributed by atoms with Crippen LogP contribution in [0.15, 0.2) is 30.5 Å². The smallest absolute Gasteiger partial charge is 0.207 e. The van der Waals surface area contributed by atoms with Gasteiger partial charge in [0.15, 0.2) is 4.83 Å². The van der Waals surface area contributed by atoms with E-state index in [1.807, 2.05) is 31.2 Å². The Balaban J connectivity index is 2.29. The number of fused-ring (bicyclic) bond motifs is 1. The van der Waals surface area contributed by atoms with Crippen molar-refractivity contribution in [3.63, 3.8) is 0 Å². The second-order valence-corrected chi connectivity index (χ2v) is 6.36. The molecule has 6 heteroatoms. The Morgan fingerprint density at radius 1 is 1.39 bits per heavy atom. The van der Waals surface area contributed by atoms with E-state index in [-0.39, 0.29) is 0 Å². The molecule has 18 heavy (non-hydrogen) atoms. The molecule has 3 heterocycles. The largest absolute Gasteiger partial charge is 0.593 e. The van der Waals surface area contributed by atoms with Gasteiger partial charge < -0.3 is 4.55 Å². The van der Waals surface area contributed by atoms with Crippen molar-refractivity contribution in [2.24, 2.45) is 0 Å². The van der Waals surface area contributed by atoms with Crippen molar-refractivity contribution < 1.29 is 4.55 Å². The Morgan fingerprint density at radius 2 is 2.22 bits per heavy atom. The quantitative estimate of drug-likeness (QED) is 0.677. The van der Waals surface area contributed by atoms with Gasteiger partial charge in [-0.05, 0) is 25.1 Å². The monoisotopic (exact) mass is 277 g/mol. The molecule has 1 unspecified atom stereocenters. The van der Waals surface area contributed by atoms with Crippen LogP contribution in [0, 0.1) is 6.92 Å². The molecule has 0 aromatic carbocycles. The normalized spacial score (nSPS) is 13.1. The fraction of sp³-hybridized carbons (Fsp3) is 0.167. The zero-order valence-electron chi connectivity index (χ0n) is 9.95. The van der Waals surface area contributed by atoms with Gasteiger partial charge in [-0.2, -0.15) is 0 Å². The molecule has 0 radical (unpaired) electrons. The minimum Gasteiger partial charge on any atom is -0.593 e. The predicted octanol–water partition coefficient (Wildman–Crippen LogP) is 2.61. The molecule has 0 bridgehead atoms. The Morgan fingerprint density at radius 3 is 2.89 bits per heavy atom. The topological polar surface area (TPSA) is 53.8 Å². The molecular formula is C12H11N3OS2. The van der Waals surface area contributed by atoms with E-state index in [0.29, 0.717) is 5.82 Å². The van der Waals surface area contributed by atoms with E-state index < -0.39 is 11.4 Å². The van der Waals surface area contributed by atoms with Crippen LogP contribution in [0.25, 0.3) is 21.9 Å². The van der Waals surface area contributed by atoms with Gasteiger partial charge in [-0.1, -0.05) is 6.07 Å². The Hall–Kier alpha value is -1.37. The third kappa shape index (κ3) is 1.82. The molecule has 0 aliphatic rings. The molecule has 0 saturated heterocycles. The first-order valence-electron chi connectivity index (χ1n) is 5.41. The fourth-order valence-electron chi connectivity index (χ4n) is 1.86. The average molecular weight is 277 g/mol. The van der Waals surface area contributed by atoms with Gasteiger partial charge in [-0.15, -0.1) is 15.3 Å². The molecule has 92 valence electrons. The molecule has 3 rings (SSSR count). The third-order valence-corrected chi connectivity index (χ3v) is 4.58. The second kappa shape index (κ2) is 4.38. The van der Waals surface area contributed by atoms with Crippen LogP contribution in [-0.4, -0.2) is 24.7 Å². The van der Waals surface area contributed by atoms with Crippen LogP contribution in [0.3, 0.4) is 0 Å². The van der Waals surface area contributed by atoms with E-state index in [2.05, 4.69) is 9.97 Å². The number of imidazole rings is 1. The highest BCUT2D eigenvalue weighted by Crippen LogP contribution is 2.30. The maximum atomic E-state index is 11.9. The van der Waals surface area contributed by atoms with Crippen LogP contribution in [0.4, 0.5) is 0 Å². The minimum absolute atomic E-state index is 0.665. The van der Waals surface area contributed by atoms with E-state index >= 15 is 0 Å². The number of aromatic nitrogens is 3. The zero-order chi connectivity index (χ0) is 12.7. The molecular weight excluding hydrogens is 266 g/mol. The van der Waals surface area contributed by atoms with E-state index in [4.69, 9.17) is 0 Å². The summed E-state index contributed by atoms with van der Waals surface area (Å²) in [6.45, 7) is 2.02. The Bertz CT molecular complexity index is 688. The summed E-state index contributed by atoms with van der Waals surface area (Å²) in [5, 5.41) is 0. The van der Waals surface area contributed by atoms with Crippen molar-refractivity contribution in [3.05, 3.63) is 35.3 Å². The van der Waals surface area contributed by atoms with E-state index in [0.717, 1.165) is 16.0 Å². The van der Waals surface area contributed by atoms with Crippen LogP contribution in [0.1, 0.15) is 4.88 Å². The molecule has 0 aliphatic heterocycles. The van der Waals surface area contributed by atoms with Crippen molar-refractivity contribution in [2.75, 3.05) is 6.26 Å². The lowest BCUT2D eigenvalue weighted by molar-refractivity contribution is 0.594. The SMILES string of the molecule is Cc1cc2nc(-c3ccccn3)n([S+](C)[O-])c2s1. The van der Waals surface area contributed by atoms with Crippen molar-refractivity contribution in [3.8, 4) is 11.5 Å².